The Bertz CT molecular complexity index is 662. The fourth-order valence-corrected chi connectivity index (χ4v) is 2.45. The maximum absolute atomic E-state index is 6.26. The molecule has 3 N–H and O–H groups in total. The first-order chi connectivity index (χ1) is 9.29. The Morgan fingerprint density at radius 3 is 2.45 bits per heavy atom. The molecule has 4 nitrogen and oxygen atoms in total. The maximum Gasteiger partial charge on any atom is 0.146 e. The van der Waals surface area contributed by atoms with Crippen molar-refractivity contribution in [3.05, 3.63) is 28.3 Å². The molecule has 0 bridgehead atoms. The van der Waals surface area contributed by atoms with Crippen molar-refractivity contribution < 1.29 is 4.74 Å². The van der Waals surface area contributed by atoms with E-state index in [1.807, 2.05) is 6.92 Å². The molecule has 1 aromatic carbocycles. The third-order valence-electron chi connectivity index (χ3n) is 3.44. The summed E-state index contributed by atoms with van der Waals surface area (Å²) in [6.07, 6.45) is 0. The molecule has 2 rings (SSSR count). The quantitative estimate of drug-likeness (QED) is 0.653. The molecule has 0 aliphatic carbocycles. The van der Waals surface area contributed by atoms with Crippen molar-refractivity contribution in [3.8, 4) is 5.75 Å². The predicted octanol–water partition coefficient (Wildman–Crippen LogP) is 3.79. The van der Waals surface area contributed by atoms with Crippen LogP contribution in [0.1, 0.15) is 31.9 Å². The molecule has 0 fully saturated rings. The number of anilines is 1. The van der Waals surface area contributed by atoms with Crippen LogP contribution in [0.2, 0.25) is 5.02 Å². The van der Waals surface area contributed by atoms with Gasteiger partial charge >= 0.3 is 0 Å². The van der Waals surface area contributed by atoms with Gasteiger partial charge < -0.3 is 10.2 Å². The van der Waals surface area contributed by atoms with E-state index in [9.17, 15) is 0 Å². The second-order valence-corrected chi connectivity index (χ2v) is 6.27. The first-order valence-electron chi connectivity index (χ1n) is 6.44. The number of hydrazine groups is 1. The van der Waals surface area contributed by atoms with Crippen molar-refractivity contribution in [2.24, 2.45) is 5.84 Å². The van der Waals surface area contributed by atoms with Gasteiger partial charge in [0.1, 0.15) is 17.1 Å². The molecular weight excluding hydrogens is 274 g/mol. The molecule has 1 aromatic heterocycles. The van der Waals surface area contributed by atoms with Crippen molar-refractivity contribution in [1.82, 2.24) is 4.98 Å². The van der Waals surface area contributed by atoms with Gasteiger partial charge in [-0.15, -0.1) is 0 Å². The van der Waals surface area contributed by atoms with Crippen LogP contribution < -0.4 is 16.0 Å². The molecule has 108 valence electrons. The zero-order chi connectivity index (χ0) is 15.1. The third kappa shape index (κ3) is 2.41. The number of halogens is 1. The van der Waals surface area contributed by atoms with Gasteiger partial charge in [-0.3, -0.25) is 0 Å². The standard InChI is InChI=1S/C15H20ClN3O/c1-8-9-6-10(15(2,3)4)14(19-17)18-13(9)12(20-5)7-11(8)16/h6-7H,17H2,1-5H3,(H,18,19). The van der Waals surface area contributed by atoms with Crippen molar-refractivity contribution >= 4 is 28.3 Å². The lowest BCUT2D eigenvalue weighted by Crippen LogP contribution is -2.19. The summed E-state index contributed by atoms with van der Waals surface area (Å²) < 4.78 is 5.37. The highest BCUT2D eigenvalue weighted by Gasteiger charge is 2.22. The van der Waals surface area contributed by atoms with E-state index in [0.29, 0.717) is 16.6 Å². The Kier molecular flexibility index (Phi) is 3.80. The second kappa shape index (κ2) is 5.11. The molecular formula is C15H20ClN3O. The van der Waals surface area contributed by atoms with Crippen molar-refractivity contribution in [3.63, 3.8) is 0 Å². The number of hydrogen-bond acceptors (Lipinski definition) is 4. The molecule has 0 spiro atoms. The SMILES string of the molecule is COc1cc(Cl)c(C)c2cc(C(C)(C)C)c(NN)nc12. The smallest absolute Gasteiger partial charge is 0.146 e. The number of nitrogens with two attached hydrogens (primary N) is 1. The van der Waals surface area contributed by atoms with Crippen LogP contribution >= 0.6 is 11.6 Å². The highest BCUT2D eigenvalue weighted by molar-refractivity contribution is 6.32. The predicted molar refractivity (Wildman–Crippen MR) is 84.6 cm³/mol. The second-order valence-electron chi connectivity index (χ2n) is 5.86. The number of fused-ring (bicyclic) bond motifs is 1. The lowest BCUT2D eigenvalue weighted by molar-refractivity contribution is 0.419. The molecule has 0 radical (unpaired) electrons. The van der Waals surface area contributed by atoms with Gasteiger partial charge in [-0.25, -0.2) is 10.8 Å². The summed E-state index contributed by atoms with van der Waals surface area (Å²) in [5.74, 6) is 6.92. The van der Waals surface area contributed by atoms with E-state index in [0.717, 1.165) is 22.0 Å². The molecule has 0 aliphatic heterocycles. The number of aryl methyl sites for hydroxylation is 1. The largest absolute Gasteiger partial charge is 0.494 e. The maximum atomic E-state index is 6.26. The lowest BCUT2D eigenvalue weighted by atomic mass is 9.86. The zero-order valence-corrected chi connectivity index (χ0v) is 13.2. The van der Waals surface area contributed by atoms with Crippen LogP contribution in [0.15, 0.2) is 12.1 Å². The minimum Gasteiger partial charge on any atom is -0.494 e. The summed E-state index contributed by atoms with van der Waals surface area (Å²) in [5.41, 5.74) is 5.39. The summed E-state index contributed by atoms with van der Waals surface area (Å²) in [7, 11) is 1.61. The van der Waals surface area contributed by atoms with Crippen molar-refractivity contribution in [2.75, 3.05) is 12.5 Å². The van der Waals surface area contributed by atoms with Crippen LogP contribution in [0.4, 0.5) is 5.82 Å². The third-order valence-corrected chi connectivity index (χ3v) is 3.83. The number of benzene rings is 1. The Morgan fingerprint density at radius 2 is 1.95 bits per heavy atom. The summed E-state index contributed by atoms with van der Waals surface area (Å²) in [6.45, 7) is 8.34. The van der Waals surface area contributed by atoms with Gasteiger partial charge in [0.25, 0.3) is 0 Å². The molecule has 0 saturated carbocycles. The zero-order valence-electron chi connectivity index (χ0n) is 12.5. The number of nitrogens with zero attached hydrogens (tertiary/aromatic N) is 1. The van der Waals surface area contributed by atoms with Gasteiger partial charge in [0.05, 0.1) is 7.11 Å². The van der Waals surface area contributed by atoms with Gasteiger partial charge in [0.2, 0.25) is 0 Å². The van der Waals surface area contributed by atoms with E-state index >= 15 is 0 Å². The van der Waals surface area contributed by atoms with Gasteiger partial charge in [-0.05, 0) is 24.0 Å². The average Bonchev–Trinajstić information content (AvgIpc) is 2.40. The van der Waals surface area contributed by atoms with Gasteiger partial charge in [-0.2, -0.15) is 0 Å². The molecule has 1 heterocycles. The van der Waals surface area contributed by atoms with E-state index < -0.39 is 0 Å². The number of nitrogens with one attached hydrogen (secondary N) is 1. The Balaban J connectivity index is 2.91. The minimum atomic E-state index is -0.0785. The van der Waals surface area contributed by atoms with Gasteiger partial charge in [-0.1, -0.05) is 32.4 Å². The van der Waals surface area contributed by atoms with Crippen LogP contribution in [-0.2, 0) is 5.41 Å². The molecule has 0 aliphatic rings. The molecule has 0 atom stereocenters. The molecule has 5 heteroatoms. The monoisotopic (exact) mass is 293 g/mol. The minimum absolute atomic E-state index is 0.0785. The van der Waals surface area contributed by atoms with E-state index in [2.05, 4.69) is 37.2 Å². The Morgan fingerprint density at radius 1 is 1.30 bits per heavy atom. The fourth-order valence-electron chi connectivity index (χ4n) is 2.24. The van der Waals surface area contributed by atoms with Crippen LogP contribution in [0.5, 0.6) is 5.75 Å². The first-order valence-corrected chi connectivity index (χ1v) is 6.82. The lowest BCUT2D eigenvalue weighted by Gasteiger charge is -2.23. The van der Waals surface area contributed by atoms with Crippen LogP contribution in [-0.4, -0.2) is 12.1 Å². The van der Waals surface area contributed by atoms with E-state index in [4.69, 9.17) is 22.2 Å². The Hall–Kier alpha value is -1.52. The highest BCUT2D eigenvalue weighted by atomic mass is 35.5. The first kappa shape index (κ1) is 14.9. The van der Waals surface area contributed by atoms with Gasteiger partial charge in [0, 0.05) is 22.0 Å². The summed E-state index contributed by atoms with van der Waals surface area (Å²) in [5, 5.41) is 1.66. The normalized spacial score (nSPS) is 11.8. The number of ether oxygens (including phenoxy) is 1. The van der Waals surface area contributed by atoms with Crippen LogP contribution in [0, 0.1) is 6.92 Å². The molecule has 0 saturated heterocycles. The van der Waals surface area contributed by atoms with E-state index in [1.165, 1.54) is 0 Å². The number of aromatic nitrogens is 1. The number of methoxy groups -OCH3 is 1. The van der Waals surface area contributed by atoms with E-state index in [-0.39, 0.29) is 5.41 Å². The summed E-state index contributed by atoms with van der Waals surface area (Å²) in [4.78, 5) is 4.61. The van der Waals surface area contributed by atoms with Crippen LogP contribution in [0.25, 0.3) is 10.9 Å². The molecule has 0 unspecified atom stereocenters. The van der Waals surface area contributed by atoms with Crippen LogP contribution in [0.3, 0.4) is 0 Å². The number of nitrogen functional groups attached to an aromatic ring is 1. The molecule has 20 heavy (non-hydrogen) atoms. The summed E-state index contributed by atoms with van der Waals surface area (Å²) >= 11 is 6.26. The Labute approximate surface area is 124 Å². The van der Waals surface area contributed by atoms with E-state index in [1.54, 1.807) is 13.2 Å². The number of rotatable bonds is 2. The topological polar surface area (TPSA) is 60.2 Å². The van der Waals surface area contributed by atoms with Gasteiger partial charge in [0.15, 0.2) is 0 Å². The highest BCUT2D eigenvalue weighted by Crippen LogP contribution is 2.37. The number of hydrogen-bond donors (Lipinski definition) is 2. The summed E-state index contributed by atoms with van der Waals surface area (Å²) in [6, 6.07) is 3.87. The average molecular weight is 294 g/mol. The fraction of sp³-hybridized carbons (Fsp3) is 0.400. The molecule has 0 amide bonds. The van der Waals surface area contributed by atoms with Crippen molar-refractivity contribution in [2.45, 2.75) is 33.1 Å². The molecule has 2 aromatic rings. The van der Waals surface area contributed by atoms with Crippen molar-refractivity contribution in [1.29, 1.82) is 0 Å². The number of pyridine rings is 1.